The van der Waals surface area contributed by atoms with Crippen LogP contribution in [0.25, 0.3) is 11.1 Å². The van der Waals surface area contributed by atoms with Gasteiger partial charge in [-0.2, -0.15) is 0 Å². The highest BCUT2D eigenvalue weighted by molar-refractivity contribution is 5.93. The number of hydrogen-bond donors (Lipinski definition) is 3. The fraction of sp³-hybridized carbons (Fsp3) is 0.433. The summed E-state index contributed by atoms with van der Waals surface area (Å²) in [7, 11) is 0. The molecule has 3 amide bonds. The third kappa shape index (κ3) is 5.77. The average Bonchev–Trinajstić information content (AvgIpc) is 3.53. The molecule has 4 atom stereocenters. The molecule has 210 valence electrons. The topological polar surface area (TPSA) is 143 Å². The molecule has 1 saturated carbocycles. The lowest BCUT2D eigenvalue weighted by atomic mass is 9.85. The smallest absolute Gasteiger partial charge is 0.248 e. The second-order valence-electron chi connectivity index (χ2n) is 11.9. The number of aromatic nitrogens is 3. The van der Waals surface area contributed by atoms with E-state index in [1.54, 1.807) is 16.8 Å². The van der Waals surface area contributed by atoms with Crippen LogP contribution < -0.4 is 11.1 Å². The minimum absolute atomic E-state index is 0.000685. The van der Waals surface area contributed by atoms with Crippen molar-refractivity contribution < 1.29 is 19.5 Å². The van der Waals surface area contributed by atoms with Crippen LogP contribution in [0.5, 0.6) is 0 Å². The Kier molecular flexibility index (Phi) is 7.46. The standard InChI is InChI=1S/C30H36N6O4/c1-30(2,3)26(36-17-23(33-34-36)20-11-12-20)29(40)35-16-22(37)15-24(35)28(39)32-25(27(31)38)21-13-9-19(10-14-21)18-7-5-4-6-8-18/h4-10,13-14,17,20,22,24-26,37H,11-12,15-16H2,1-3H3,(H2,31,38)(H,32,39)/t22-,24+,25+,26-/m1/s1. The number of hydrogen-bond acceptors (Lipinski definition) is 6. The number of carbonyl (C=O) groups is 3. The van der Waals surface area contributed by atoms with Crippen molar-refractivity contribution in [2.24, 2.45) is 11.1 Å². The van der Waals surface area contributed by atoms with Crippen molar-refractivity contribution in [3.8, 4) is 11.1 Å². The van der Waals surface area contributed by atoms with Crippen LogP contribution in [0.2, 0.25) is 0 Å². The quantitative estimate of drug-likeness (QED) is 0.398. The molecule has 0 bridgehead atoms. The Morgan fingerprint density at radius 1 is 1.02 bits per heavy atom. The first-order chi connectivity index (χ1) is 19.0. The van der Waals surface area contributed by atoms with Crippen molar-refractivity contribution in [3.63, 3.8) is 0 Å². The first kappa shape index (κ1) is 27.5. The van der Waals surface area contributed by atoms with Gasteiger partial charge < -0.3 is 21.1 Å². The molecular weight excluding hydrogens is 508 g/mol. The molecule has 0 radical (unpaired) electrons. The summed E-state index contributed by atoms with van der Waals surface area (Å²) < 4.78 is 1.58. The van der Waals surface area contributed by atoms with Crippen molar-refractivity contribution in [1.29, 1.82) is 0 Å². The monoisotopic (exact) mass is 544 g/mol. The molecule has 1 aromatic heterocycles. The number of aliphatic hydroxyl groups excluding tert-OH is 1. The molecule has 0 spiro atoms. The van der Waals surface area contributed by atoms with Gasteiger partial charge in [-0.3, -0.25) is 14.4 Å². The van der Waals surface area contributed by atoms with Crippen LogP contribution in [0.15, 0.2) is 60.8 Å². The van der Waals surface area contributed by atoms with E-state index in [4.69, 9.17) is 5.73 Å². The molecule has 10 heteroatoms. The van der Waals surface area contributed by atoms with E-state index in [1.165, 1.54) is 4.90 Å². The normalized spacial score (nSPS) is 20.6. The van der Waals surface area contributed by atoms with E-state index < -0.39 is 41.5 Å². The number of aliphatic hydroxyl groups is 1. The van der Waals surface area contributed by atoms with Crippen molar-refractivity contribution >= 4 is 17.7 Å². The second-order valence-corrected chi connectivity index (χ2v) is 11.9. The Morgan fingerprint density at radius 3 is 2.27 bits per heavy atom. The first-order valence-electron chi connectivity index (χ1n) is 13.7. The third-order valence-corrected chi connectivity index (χ3v) is 7.63. The van der Waals surface area contributed by atoms with Gasteiger partial charge in [0.05, 0.1) is 11.8 Å². The number of amides is 3. The van der Waals surface area contributed by atoms with Gasteiger partial charge in [0, 0.05) is 25.1 Å². The molecule has 3 aromatic rings. The highest BCUT2D eigenvalue weighted by atomic mass is 16.3. The van der Waals surface area contributed by atoms with Gasteiger partial charge in [0.15, 0.2) is 0 Å². The minimum atomic E-state index is -1.10. The molecule has 1 aliphatic carbocycles. The van der Waals surface area contributed by atoms with E-state index in [-0.39, 0.29) is 18.9 Å². The zero-order valence-corrected chi connectivity index (χ0v) is 23.0. The van der Waals surface area contributed by atoms with E-state index in [1.807, 2.05) is 69.4 Å². The fourth-order valence-electron chi connectivity index (χ4n) is 5.38. The Balaban J connectivity index is 1.35. The minimum Gasteiger partial charge on any atom is -0.391 e. The number of nitrogens with two attached hydrogens (primary N) is 1. The van der Waals surface area contributed by atoms with Gasteiger partial charge in [0.25, 0.3) is 0 Å². The van der Waals surface area contributed by atoms with Crippen molar-refractivity contribution in [3.05, 3.63) is 72.1 Å². The van der Waals surface area contributed by atoms with E-state index in [2.05, 4.69) is 15.6 Å². The molecule has 2 aromatic carbocycles. The summed E-state index contributed by atoms with van der Waals surface area (Å²) in [6.45, 7) is 5.79. The van der Waals surface area contributed by atoms with Crippen molar-refractivity contribution in [2.75, 3.05) is 6.54 Å². The Bertz CT molecular complexity index is 1380. The van der Waals surface area contributed by atoms with Crippen LogP contribution in [0.4, 0.5) is 0 Å². The molecule has 2 fully saturated rings. The predicted molar refractivity (Wildman–Crippen MR) is 149 cm³/mol. The lowest BCUT2D eigenvalue weighted by molar-refractivity contribution is -0.144. The van der Waals surface area contributed by atoms with Gasteiger partial charge in [0.2, 0.25) is 17.7 Å². The lowest BCUT2D eigenvalue weighted by Gasteiger charge is -2.34. The average molecular weight is 545 g/mol. The van der Waals surface area contributed by atoms with Gasteiger partial charge >= 0.3 is 0 Å². The van der Waals surface area contributed by atoms with Gasteiger partial charge in [-0.15, -0.1) is 5.10 Å². The summed E-state index contributed by atoms with van der Waals surface area (Å²) in [5.41, 5.74) is 8.52. The van der Waals surface area contributed by atoms with Gasteiger partial charge in [0.1, 0.15) is 18.1 Å². The van der Waals surface area contributed by atoms with Crippen LogP contribution in [0.3, 0.4) is 0 Å². The summed E-state index contributed by atoms with van der Waals surface area (Å²) in [6.07, 6.45) is 3.11. The van der Waals surface area contributed by atoms with Gasteiger partial charge in [-0.05, 0) is 34.9 Å². The molecule has 1 saturated heterocycles. The number of carbonyl (C=O) groups excluding carboxylic acids is 3. The maximum absolute atomic E-state index is 14.0. The van der Waals surface area contributed by atoms with Crippen LogP contribution in [0, 0.1) is 5.41 Å². The summed E-state index contributed by atoms with van der Waals surface area (Å²) in [4.78, 5) is 41.3. The van der Waals surface area contributed by atoms with E-state index in [0.717, 1.165) is 29.7 Å². The Labute approximate surface area is 233 Å². The molecule has 1 aliphatic heterocycles. The molecule has 2 aliphatic rings. The molecule has 10 nitrogen and oxygen atoms in total. The summed E-state index contributed by atoms with van der Waals surface area (Å²) >= 11 is 0. The molecular formula is C30H36N6O4. The molecule has 40 heavy (non-hydrogen) atoms. The highest BCUT2D eigenvalue weighted by Gasteiger charge is 2.46. The van der Waals surface area contributed by atoms with Crippen LogP contribution in [-0.4, -0.2) is 61.4 Å². The number of nitrogens with zero attached hydrogens (tertiary/aromatic N) is 4. The first-order valence-corrected chi connectivity index (χ1v) is 13.7. The summed E-state index contributed by atoms with van der Waals surface area (Å²) in [5.74, 6) is -1.23. The zero-order valence-electron chi connectivity index (χ0n) is 23.0. The molecule has 4 N–H and O–H groups in total. The van der Waals surface area contributed by atoms with Gasteiger partial charge in [-0.1, -0.05) is 80.6 Å². The maximum atomic E-state index is 14.0. The highest BCUT2D eigenvalue weighted by Crippen LogP contribution is 2.40. The SMILES string of the molecule is CC(C)(C)[C@@H](C(=O)N1C[C@H](O)C[C@H]1C(=O)N[C@H](C(N)=O)c1ccc(-c2ccccc2)cc1)n1cc(C2CC2)nn1. The second kappa shape index (κ2) is 10.8. The number of likely N-dealkylation sites (tertiary alicyclic amines) is 1. The van der Waals surface area contributed by atoms with Crippen LogP contribution in [-0.2, 0) is 14.4 Å². The third-order valence-electron chi connectivity index (χ3n) is 7.63. The van der Waals surface area contributed by atoms with Crippen molar-refractivity contribution in [2.45, 2.75) is 70.2 Å². The molecule has 5 rings (SSSR count). The number of β-amino-alcohol motifs (C(OH)–C–C–N with tert-alkyl or cyclic N) is 1. The van der Waals surface area contributed by atoms with Gasteiger partial charge in [-0.25, -0.2) is 4.68 Å². The number of nitrogens with one attached hydrogen (secondary N) is 1. The zero-order chi connectivity index (χ0) is 28.6. The largest absolute Gasteiger partial charge is 0.391 e. The Hall–Kier alpha value is -4.05. The predicted octanol–water partition coefficient (Wildman–Crippen LogP) is 2.71. The number of rotatable bonds is 8. The van der Waals surface area contributed by atoms with E-state index in [0.29, 0.717) is 11.5 Å². The summed E-state index contributed by atoms with van der Waals surface area (Å²) in [6, 6.07) is 14.2. The fourth-order valence-corrected chi connectivity index (χ4v) is 5.38. The van der Waals surface area contributed by atoms with E-state index >= 15 is 0 Å². The number of primary amides is 1. The Morgan fingerprint density at radius 2 is 1.68 bits per heavy atom. The lowest BCUT2D eigenvalue weighted by Crippen LogP contribution is -2.52. The molecule has 0 unspecified atom stereocenters. The van der Waals surface area contributed by atoms with Crippen molar-refractivity contribution in [1.82, 2.24) is 25.2 Å². The maximum Gasteiger partial charge on any atom is 0.248 e. The van der Waals surface area contributed by atoms with E-state index in [9.17, 15) is 19.5 Å². The summed E-state index contributed by atoms with van der Waals surface area (Å²) in [5, 5.41) is 21.8. The van der Waals surface area contributed by atoms with Crippen LogP contribution in [0.1, 0.15) is 69.3 Å². The van der Waals surface area contributed by atoms with Crippen LogP contribution >= 0.6 is 0 Å². The number of benzene rings is 2. The molecule has 2 heterocycles.